The first-order chi connectivity index (χ1) is 19.3. The van der Waals surface area contributed by atoms with Gasteiger partial charge in [0.1, 0.15) is 0 Å². The third kappa shape index (κ3) is 2.55. The van der Waals surface area contributed by atoms with Crippen molar-refractivity contribution in [2.75, 3.05) is 0 Å². The lowest BCUT2D eigenvalue weighted by Crippen LogP contribution is -2.25. The van der Waals surface area contributed by atoms with E-state index < -0.39 is 0 Å². The van der Waals surface area contributed by atoms with Gasteiger partial charge in [-0.15, -0.1) is 0 Å². The van der Waals surface area contributed by atoms with Crippen molar-refractivity contribution in [3.63, 3.8) is 0 Å². The topological polar surface area (TPSA) is 4.93 Å². The lowest BCUT2D eigenvalue weighted by molar-refractivity contribution is 0.794. The maximum absolute atomic E-state index is 3.74. The van der Waals surface area contributed by atoms with Gasteiger partial charge in [-0.25, -0.2) is 0 Å². The van der Waals surface area contributed by atoms with Gasteiger partial charge in [0, 0.05) is 26.5 Å². The molecule has 7 aromatic rings. The Morgan fingerprint density at radius 2 is 1.10 bits per heavy atom. The largest absolute Gasteiger partial charge is 0.309 e. The van der Waals surface area contributed by atoms with E-state index in [9.17, 15) is 0 Å². The van der Waals surface area contributed by atoms with Gasteiger partial charge in [0.05, 0.1) is 16.4 Å². The molecular weight excluding hydrogens is 538 g/mol. The molecule has 182 valence electrons. The van der Waals surface area contributed by atoms with E-state index in [1.807, 2.05) is 0 Å². The zero-order valence-electron chi connectivity index (χ0n) is 21.0. The Balaban J connectivity index is 1.53. The molecule has 0 fully saturated rings. The van der Waals surface area contributed by atoms with Crippen molar-refractivity contribution in [2.45, 2.75) is 5.41 Å². The Bertz CT molecular complexity index is 2100. The minimum atomic E-state index is -0.341. The summed E-state index contributed by atoms with van der Waals surface area (Å²) in [5.74, 6) is 0. The van der Waals surface area contributed by atoms with E-state index in [4.69, 9.17) is 0 Å². The summed E-state index contributed by atoms with van der Waals surface area (Å²) < 4.78 is 3.55. The van der Waals surface area contributed by atoms with Crippen LogP contribution in [-0.2, 0) is 5.41 Å². The van der Waals surface area contributed by atoms with E-state index in [2.05, 4.69) is 154 Å². The smallest absolute Gasteiger partial charge is 0.0726 e. The fourth-order valence-corrected chi connectivity index (χ4v) is 7.90. The van der Waals surface area contributed by atoms with Gasteiger partial charge in [0.15, 0.2) is 0 Å². The summed E-state index contributed by atoms with van der Waals surface area (Å²) in [5, 5.41) is 2.57. The molecule has 6 aromatic carbocycles. The van der Waals surface area contributed by atoms with Gasteiger partial charge < -0.3 is 4.57 Å². The molecule has 0 amide bonds. The second-order valence-corrected chi connectivity index (χ2v) is 11.5. The van der Waals surface area contributed by atoms with Gasteiger partial charge in [-0.3, -0.25) is 0 Å². The molecule has 0 bridgehead atoms. The van der Waals surface area contributed by atoms with Crippen molar-refractivity contribution >= 4 is 37.7 Å². The fourth-order valence-electron chi connectivity index (χ4n) is 7.51. The molecule has 0 radical (unpaired) electrons. The zero-order chi connectivity index (χ0) is 25.7. The standard InChI is InChI=1S/C37H22BrN/c38-23-10-9-11-24(22-23)39-34-19-8-4-14-27(34)28-20-21-33-35(36(28)39)29-15-3-7-18-32(29)37(33)30-16-5-1-12-25(30)26-13-2-6-17-31(26)37/h1-22H. The molecule has 1 aromatic heterocycles. The van der Waals surface area contributed by atoms with Crippen LogP contribution in [0.3, 0.4) is 0 Å². The van der Waals surface area contributed by atoms with Crippen LogP contribution in [0.15, 0.2) is 138 Å². The number of benzene rings is 6. The number of para-hydroxylation sites is 1. The summed E-state index contributed by atoms with van der Waals surface area (Å²) in [6.07, 6.45) is 0. The molecule has 2 aliphatic rings. The highest BCUT2D eigenvalue weighted by Gasteiger charge is 2.52. The number of halogens is 1. The molecule has 2 heteroatoms. The predicted octanol–water partition coefficient (Wildman–Crippen LogP) is 9.89. The highest BCUT2D eigenvalue weighted by Crippen LogP contribution is 2.64. The Hall–Kier alpha value is -4.40. The Labute approximate surface area is 235 Å². The van der Waals surface area contributed by atoms with Gasteiger partial charge in [-0.1, -0.05) is 125 Å². The Morgan fingerprint density at radius 1 is 0.487 bits per heavy atom. The van der Waals surface area contributed by atoms with Gasteiger partial charge in [-0.05, 0) is 63.2 Å². The maximum Gasteiger partial charge on any atom is 0.0726 e. The quantitative estimate of drug-likeness (QED) is 0.188. The minimum Gasteiger partial charge on any atom is -0.309 e. The molecule has 2 aliphatic carbocycles. The summed E-state index contributed by atoms with van der Waals surface area (Å²) in [4.78, 5) is 0. The van der Waals surface area contributed by atoms with Crippen molar-refractivity contribution in [3.05, 3.63) is 160 Å². The molecule has 0 aliphatic heterocycles. The lowest BCUT2D eigenvalue weighted by Gasteiger charge is -2.30. The first kappa shape index (κ1) is 21.5. The van der Waals surface area contributed by atoms with Crippen molar-refractivity contribution in [1.82, 2.24) is 4.57 Å². The molecule has 0 saturated heterocycles. The summed E-state index contributed by atoms with van der Waals surface area (Å²) in [6, 6.07) is 49.3. The molecule has 9 rings (SSSR count). The first-order valence-electron chi connectivity index (χ1n) is 13.4. The van der Waals surface area contributed by atoms with Crippen molar-refractivity contribution < 1.29 is 0 Å². The third-order valence-corrected chi connectivity index (χ3v) is 9.35. The number of hydrogen-bond donors (Lipinski definition) is 0. The molecule has 0 saturated carbocycles. The highest BCUT2D eigenvalue weighted by molar-refractivity contribution is 9.10. The third-order valence-electron chi connectivity index (χ3n) is 8.86. The molecule has 0 unspecified atom stereocenters. The second-order valence-electron chi connectivity index (χ2n) is 10.6. The average molecular weight is 560 g/mol. The summed E-state index contributed by atoms with van der Waals surface area (Å²) in [7, 11) is 0. The van der Waals surface area contributed by atoms with Crippen LogP contribution in [0.4, 0.5) is 0 Å². The van der Waals surface area contributed by atoms with Crippen LogP contribution in [0.2, 0.25) is 0 Å². The molecule has 0 atom stereocenters. The second kappa shape index (κ2) is 7.59. The number of rotatable bonds is 1. The summed E-state index contributed by atoms with van der Waals surface area (Å²) in [6.45, 7) is 0. The number of fused-ring (bicyclic) bond motifs is 14. The van der Waals surface area contributed by atoms with Crippen LogP contribution in [0.25, 0.3) is 49.7 Å². The van der Waals surface area contributed by atoms with Crippen LogP contribution in [0.1, 0.15) is 22.3 Å². The number of aromatic nitrogens is 1. The number of nitrogens with zero attached hydrogens (tertiary/aromatic N) is 1. The van der Waals surface area contributed by atoms with Crippen LogP contribution in [-0.4, -0.2) is 4.57 Å². The lowest BCUT2D eigenvalue weighted by atomic mass is 9.70. The number of hydrogen-bond acceptors (Lipinski definition) is 0. The van der Waals surface area contributed by atoms with Crippen LogP contribution in [0.5, 0.6) is 0 Å². The maximum atomic E-state index is 3.74. The van der Waals surface area contributed by atoms with E-state index in [-0.39, 0.29) is 5.41 Å². The van der Waals surface area contributed by atoms with Crippen LogP contribution < -0.4 is 0 Å². The SMILES string of the molecule is Brc1cccc(-n2c3ccccc3c3ccc4c(c32)-c2ccccc2C42c3ccccc3-c3ccccc32)c1. The summed E-state index contributed by atoms with van der Waals surface area (Å²) in [5.41, 5.74) is 14.2. The fraction of sp³-hybridized carbons (Fsp3) is 0.0270. The van der Waals surface area contributed by atoms with Gasteiger partial charge in [0.2, 0.25) is 0 Å². The highest BCUT2D eigenvalue weighted by atomic mass is 79.9. The molecule has 1 spiro atoms. The van der Waals surface area contributed by atoms with E-state index in [0.717, 1.165) is 10.2 Å². The van der Waals surface area contributed by atoms with Gasteiger partial charge in [-0.2, -0.15) is 0 Å². The van der Waals surface area contributed by atoms with Crippen molar-refractivity contribution in [2.24, 2.45) is 0 Å². The van der Waals surface area contributed by atoms with Gasteiger partial charge >= 0.3 is 0 Å². The monoisotopic (exact) mass is 559 g/mol. The van der Waals surface area contributed by atoms with E-state index in [1.54, 1.807) is 0 Å². The first-order valence-corrected chi connectivity index (χ1v) is 14.2. The normalized spacial score (nSPS) is 14.0. The van der Waals surface area contributed by atoms with E-state index in [0.29, 0.717) is 0 Å². The molecule has 39 heavy (non-hydrogen) atoms. The van der Waals surface area contributed by atoms with E-state index >= 15 is 0 Å². The molecular formula is C37H22BrN. The van der Waals surface area contributed by atoms with E-state index in [1.165, 1.54) is 66.3 Å². The summed E-state index contributed by atoms with van der Waals surface area (Å²) >= 11 is 3.74. The van der Waals surface area contributed by atoms with Gasteiger partial charge in [0.25, 0.3) is 0 Å². The van der Waals surface area contributed by atoms with Crippen molar-refractivity contribution in [3.8, 4) is 27.9 Å². The minimum absolute atomic E-state index is 0.341. The molecule has 1 heterocycles. The zero-order valence-corrected chi connectivity index (χ0v) is 22.6. The van der Waals surface area contributed by atoms with Crippen molar-refractivity contribution in [1.29, 1.82) is 0 Å². The molecule has 0 N–H and O–H groups in total. The Kier molecular flexibility index (Phi) is 4.19. The Morgan fingerprint density at radius 3 is 1.82 bits per heavy atom. The van der Waals surface area contributed by atoms with Crippen LogP contribution >= 0.6 is 15.9 Å². The molecule has 1 nitrogen and oxygen atoms in total. The predicted molar refractivity (Wildman–Crippen MR) is 165 cm³/mol. The average Bonchev–Trinajstić information content (AvgIpc) is 3.59. The van der Waals surface area contributed by atoms with Crippen LogP contribution in [0, 0.1) is 0 Å².